The molecule has 9 heteroatoms. The first-order valence-corrected chi connectivity index (χ1v) is 14.9. The van der Waals surface area contributed by atoms with Crippen LogP contribution in [0.3, 0.4) is 0 Å². The number of carbonyl (C=O) groups is 1. The molecule has 0 spiro atoms. The number of nitrogens with zero attached hydrogens (tertiary/aromatic N) is 3. The van der Waals surface area contributed by atoms with E-state index in [1.165, 1.54) is 34.3 Å². The van der Waals surface area contributed by atoms with Crippen LogP contribution in [0.1, 0.15) is 22.6 Å². The Morgan fingerprint density at radius 1 is 1.00 bits per heavy atom. The number of methoxy groups -OCH3 is 1. The van der Waals surface area contributed by atoms with E-state index in [2.05, 4.69) is 36.9 Å². The molecule has 0 N–H and O–H groups in total. The molecule has 1 amide bonds. The number of benzene rings is 2. The Labute approximate surface area is 223 Å². The number of sulfonamides is 1. The second-order valence-corrected chi connectivity index (χ2v) is 12.6. The van der Waals surface area contributed by atoms with Crippen LogP contribution in [0.5, 0.6) is 5.75 Å². The van der Waals surface area contributed by atoms with Crippen LogP contribution in [0.4, 0.5) is 5.69 Å². The fraction of sp³-hybridized carbons (Fsp3) is 0.393. The van der Waals surface area contributed by atoms with E-state index in [0.29, 0.717) is 18.8 Å². The lowest BCUT2D eigenvalue weighted by molar-refractivity contribution is -0.135. The van der Waals surface area contributed by atoms with Gasteiger partial charge in [-0.2, -0.15) is 15.6 Å². The average Bonchev–Trinajstić information content (AvgIpc) is 3.60. The van der Waals surface area contributed by atoms with Gasteiger partial charge in [-0.25, -0.2) is 8.42 Å². The Morgan fingerprint density at radius 3 is 2.49 bits per heavy atom. The lowest BCUT2D eigenvalue weighted by Crippen LogP contribution is -2.51. The number of piperazine rings is 1. The quantitative estimate of drug-likeness (QED) is 0.471. The minimum atomic E-state index is -3.77. The number of carbonyl (C=O) groups excluding carboxylic acids is 1. The van der Waals surface area contributed by atoms with Crippen molar-refractivity contribution in [2.24, 2.45) is 5.92 Å². The monoisotopic (exact) mass is 539 g/mol. The molecule has 0 bridgehead atoms. The fourth-order valence-corrected chi connectivity index (χ4v) is 7.66. The topological polar surface area (TPSA) is 70.2 Å². The molecule has 2 fully saturated rings. The zero-order valence-electron chi connectivity index (χ0n) is 21.5. The smallest absolute Gasteiger partial charge is 0.243 e. The van der Waals surface area contributed by atoms with Gasteiger partial charge in [-0.15, -0.1) is 0 Å². The number of hydrogen-bond acceptors (Lipinski definition) is 6. The Hall–Kier alpha value is -2.88. The van der Waals surface area contributed by atoms with E-state index in [-0.39, 0.29) is 29.8 Å². The minimum absolute atomic E-state index is 0.0418. The fourth-order valence-electron chi connectivity index (χ4n) is 5.41. The van der Waals surface area contributed by atoms with Crippen LogP contribution in [0.2, 0.25) is 0 Å². The SMILES string of the molecule is COc1cccc(S(=O)(=O)N2CC(c3ccsc3)[C@H](C(=O)N3CCN(c4cc(C)ccc4C)CC3)C2)c1. The van der Waals surface area contributed by atoms with Crippen LogP contribution >= 0.6 is 11.3 Å². The summed E-state index contributed by atoms with van der Waals surface area (Å²) in [5.74, 6) is -0.0532. The standard InChI is InChI=1S/C28H33N3O4S2/c1-20-7-8-21(2)27(15-20)29-10-12-30(13-11-29)28(32)26-18-31(17-25(26)22-9-14-36-19-22)37(33,34)24-6-4-5-23(16-24)35-3/h4-9,14-16,19,25-26H,10-13,17-18H2,1-3H3/t25?,26-/m1/s1. The summed E-state index contributed by atoms with van der Waals surface area (Å²) in [6.45, 7) is 7.45. The van der Waals surface area contributed by atoms with Crippen molar-refractivity contribution in [2.75, 3.05) is 51.3 Å². The van der Waals surface area contributed by atoms with Gasteiger partial charge in [0.2, 0.25) is 15.9 Å². The number of hydrogen-bond donors (Lipinski definition) is 0. The molecule has 2 atom stereocenters. The first-order valence-electron chi connectivity index (χ1n) is 12.5. The van der Waals surface area contributed by atoms with Crippen molar-refractivity contribution in [3.05, 3.63) is 76.0 Å². The molecule has 2 aliphatic rings. The summed E-state index contributed by atoms with van der Waals surface area (Å²) in [7, 11) is -2.25. The van der Waals surface area contributed by atoms with Gasteiger partial charge in [0.1, 0.15) is 5.75 Å². The van der Waals surface area contributed by atoms with Gasteiger partial charge >= 0.3 is 0 Å². The van der Waals surface area contributed by atoms with Crippen LogP contribution in [0.25, 0.3) is 0 Å². The van der Waals surface area contributed by atoms with E-state index in [1.54, 1.807) is 29.5 Å². The second kappa shape index (κ2) is 10.5. The summed E-state index contributed by atoms with van der Waals surface area (Å²) >= 11 is 1.57. The zero-order chi connectivity index (χ0) is 26.2. The molecule has 2 aromatic carbocycles. The normalized spacial score (nSPS) is 20.8. The number of anilines is 1. The molecule has 5 rings (SSSR count). The van der Waals surface area contributed by atoms with E-state index in [1.807, 2.05) is 21.7 Å². The van der Waals surface area contributed by atoms with E-state index in [4.69, 9.17) is 4.74 Å². The molecule has 196 valence electrons. The Morgan fingerprint density at radius 2 is 1.78 bits per heavy atom. The predicted octanol–water partition coefficient (Wildman–Crippen LogP) is 4.13. The van der Waals surface area contributed by atoms with Gasteiger partial charge in [-0.05, 0) is 65.6 Å². The number of amides is 1. The second-order valence-electron chi connectivity index (χ2n) is 9.87. The highest BCUT2D eigenvalue weighted by atomic mass is 32.2. The predicted molar refractivity (Wildman–Crippen MR) is 147 cm³/mol. The van der Waals surface area contributed by atoms with Crippen molar-refractivity contribution in [3.63, 3.8) is 0 Å². The van der Waals surface area contributed by atoms with E-state index >= 15 is 0 Å². The van der Waals surface area contributed by atoms with Crippen molar-refractivity contribution in [2.45, 2.75) is 24.7 Å². The Kier molecular flexibility index (Phi) is 7.29. The van der Waals surface area contributed by atoms with Crippen LogP contribution in [-0.2, 0) is 14.8 Å². The molecule has 0 saturated carbocycles. The average molecular weight is 540 g/mol. The first-order chi connectivity index (χ1) is 17.8. The number of rotatable bonds is 6. The third-order valence-electron chi connectivity index (χ3n) is 7.55. The van der Waals surface area contributed by atoms with Crippen molar-refractivity contribution >= 4 is 33.0 Å². The highest BCUT2D eigenvalue weighted by molar-refractivity contribution is 7.89. The summed E-state index contributed by atoms with van der Waals surface area (Å²) in [5, 5.41) is 4.02. The number of aryl methyl sites for hydroxylation is 2. The molecule has 37 heavy (non-hydrogen) atoms. The summed E-state index contributed by atoms with van der Waals surface area (Å²) in [6, 6.07) is 15.0. The molecule has 2 saturated heterocycles. The summed E-state index contributed by atoms with van der Waals surface area (Å²) in [5.41, 5.74) is 4.71. The molecular weight excluding hydrogens is 506 g/mol. The van der Waals surface area contributed by atoms with Gasteiger partial charge in [0, 0.05) is 56.9 Å². The first kappa shape index (κ1) is 25.8. The molecule has 1 aromatic heterocycles. The highest BCUT2D eigenvalue weighted by Gasteiger charge is 2.45. The maximum Gasteiger partial charge on any atom is 0.243 e. The number of thiophene rings is 1. The lowest BCUT2D eigenvalue weighted by Gasteiger charge is -2.38. The lowest BCUT2D eigenvalue weighted by atomic mass is 9.89. The third-order valence-corrected chi connectivity index (χ3v) is 10.1. The van der Waals surface area contributed by atoms with E-state index < -0.39 is 15.9 Å². The Bertz CT molecular complexity index is 1370. The zero-order valence-corrected chi connectivity index (χ0v) is 23.1. The van der Waals surface area contributed by atoms with Crippen LogP contribution < -0.4 is 9.64 Å². The summed E-state index contributed by atoms with van der Waals surface area (Å²) in [4.78, 5) is 18.3. The summed E-state index contributed by atoms with van der Waals surface area (Å²) in [6.07, 6.45) is 0. The van der Waals surface area contributed by atoms with Gasteiger partial charge in [-0.3, -0.25) is 4.79 Å². The van der Waals surface area contributed by atoms with Crippen molar-refractivity contribution in [3.8, 4) is 5.75 Å². The van der Waals surface area contributed by atoms with Crippen molar-refractivity contribution in [1.29, 1.82) is 0 Å². The van der Waals surface area contributed by atoms with Gasteiger partial charge < -0.3 is 14.5 Å². The van der Waals surface area contributed by atoms with Crippen LogP contribution in [0.15, 0.2) is 64.2 Å². The van der Waals surface area contributed by atoms with Crippen molar-refractivity contribution in [1.82, 2.24) is 9.21 Å². The Balaban J connectivity index is 1.35. The highest BCUT2D eigenvalue weighted by Crippen LogP contribution is 2.38. The van der Waals surface area contributed by atoms with Crippen LogP contribution in [0, 0.1) is 19.8 Å². The molecule has 0 aliphatic carbocycles. The molecule has 7 nitrogen and oxygen atoms in total. The van der Waals surface area contributed by atoms with Crippen molar-refractivity contribution < 1.29 is 17.9 Å². The van der Waals surface area contributed by atoms with Gasteiger partial charge in [0.25, 0.3) is 0 Å². The number of ether oxygens (including phenoxy) is 1. The van der Waals surface area contributed by atoms with Gasteiger partial charge in [0.15, 0.2) is 0 Å². The molecule has 0 radical (unpaired) electrons. The van der Waals surface area contributed by atoms with E-state index in [9.17, 15) is 13.2 Å². The van der Waals surface area contributed by atoms with E-state index in [0.717, 1.165) is 18.7 Å². The molecule has 2 aliphatic heterocycles. The maximum atomic E-state index is 13.8. The largest absolute Gasteiger partial charge is 0.497 e. The summed E-state index contributed by atoms with van der Waals surface area (Å²) < 4.78 is 33.8. The molecule has 1 unspecified atom stereocenters. The third kappa shape index (κ3) is 5.12. The van der Waals surface area contributed by atoms with Gasteiger partial charge in [-0.1, -0.05) is 18.2 Å². The molecule has 3 aromatic rings. The minimum Gasteiger partial charge on any atom is -0.497 e. The van der Waals surface area contributed by atoms with Gasteiger partial charge in [0.05, 0.1) is 17.9 Å². The van der Waals surface area contributed by atoms with Crippen LogP contribution in [-0.4, -0.2) is 69.9 Å². The molecule has 3 heterocycles. The maximum absolute atomic E-state index is 13.8. The molecular formula is C28H33N3O4S2.